The van der Waals surface area contributed by atoms with E-state index in [9.17, 15) is 9.90 Å². The van der Waals surface area contributed by atoms with E-state index < -0.39 is 5.60 Å². The number of carbonyl (C=O) groups excluding carboxylic acids is 1. The first-order valence-corrected chi connectivity index (χ1v) is 7.08. The first kappa shape index (κ1) is 15.0. The lowest BCUT2D eigenvalue weighted by molar-refractivity contribution is -0.136. The van der Waals surface area contributed by atoms with Gasteiger partial charge in [0.15, 0.2) is 0 Å². The maximum atomic E-state index is 12.4. The van der Waals surface area contributed by atoms with Crippen molar-refractivity contribution < 1.29 is 9.90 Å². The molecule has 0 radical (unpaired) electrons. The summed E-state index contributed by atoms with van der Waals surface area (Å²) in [5.74, 6) is 0.130. The molecule has 0 bridgehead atoms. The molecular weight excluding hydrogens is 256 g/mol. The van der Waals surface area contributed by atoms with Gasteiger partial charge >= 0.3 is 0 Å². The van der Waals surface area contributed by atoms with Gasteiger partial charge in [0, 0.05) is 45.1 Å². The lowest BCUT2D eigenvalue weighted by Crippen LogP contribution is -2.53. The highest BCUT2D eigenvalue weighted by Crippen LogP contribution is 2.13. The number of piperazine rings is 1. The Morgan fingerprint density at radius 3 is 2.50 bits per heavy atom. The van der Waals surface area contributed by atoms with Gasteiger partial charge in [0.2, 0.25) is 5.91 Å². The first-order chi connectivity index (χ1) is 9.37. The highest BCUT2D eigenvalue weighted by Gasteiger charge is 2.27. The van der Waals surface area contributed by atoms with E-state index in [1.54, 1.807) is 12.5 Å². The monoisotopic (exact) mass is 280 g/mol. The van der Waals surface area contributed by atoms with Crippen LogP contribution in [-0.4, -0.2) is 68.7 Å². The zero-order valence-corrected chi connectivity index (χ0v) is 12.5. The van der Waals surface area contributed by atoms with Crippen molar-refractivity contribution in [3.63, 3.8) is 0 Å². The molecule has 1 aliphatic rings. The fourth-order valence-electron chi connectivity index (χ4n) is 2.56. The summed E-state index contributed by atoms with van der Waals surface area (Å²) in [6.45, 7) is 9.22. The number of hydrogen-bond donors (Lipinski definition) is 1. The SMILES string of the molecule is CC(C(=O)N1CCN(CC(C)(C)O)CC1)n1ccnc1. The Balaban J connectivity index is 1.86. The smallest absolute Gasteiger partial charge is 0.245 e. The molecule has 1 aromatic heterocycles. The van der Waals surface area contributed by atoms with Crippen LogP contribution >= 0.6 is 0 Å². The van der Waals surface area contributed by atoms with E-state index in [0.717, 1.165) is 13.1 Å². The van der Waals surface area contributed by atoms with Crippen molar-refractivity contribution in [2.45, 2.75) is 32.4 Å². The molecule has 1 saturated heterocycles. The summed E-state index contributed by atoms with van der Waals surface area (Å²) in [5, 5.41) is 9.83. The lowest BCUT2D eigenvalue weighted by Gasteiger charge is -2.38. The van der Waals surface area contributed by atoms with Crippen LogP contribution in [0.2, 0.25) is 0 Å². The van der Waals surface area contributed by atoms with E-state index >= 15 is 0 Å². The third-order valence-corrected chi connectivity index (χ3v) is 3.62. The van der Waals surface area contributed by atoms with Gasteiger partial charge in [0.05, 0.1) is 11.9 Å². The molecule has 20 heavy (non-hydrogen) atoms. The molecule has 1 aromatic rings. The summed E-state index contributed by atoms with van der Waals surface area (Å²) < 4.78 is 1.82. The van der Waals surface area contributed by atoms with E-state index in [1.165, 1.54) is 0 Å². The Labute approximate surface area is 120 Å². The minimum Gasteiger partial charge on any atom is -0.389 e. The van der Waals surface area contributed by atoms with Gasteiger partial charge in [0.1, 0.15) is 6.04 Å². The number of amides is 1. The first-order valence-electron chi connectivity index (χ1n) is 7.08. The molecule has 1 atom stereocenters. The Morgan fingerprint density at radius 2 is 2.00 bits per heavy atom. The molecule has 0 saturated carbocycles. The lowest BCUT2D eigenvalue weighted by atomic mass is 10.1. The van der Waals surface area contributed by atoms with E-state index in [4.69, 9.17) is 0 Å². The Hall–Kier alpha value is -1.40. The van der Waals surface area contributed by atoms with Crippen molar-refractivity contribution in [1.82, 2.24) is 19.4 Å². The maximum absolute atomic E-state index is 12.4. The van der Waals surface area contributed by atoms with Crippen molar-refractivity contribution in [2.75, 3.05) is 32.7 Å². The highest BCUT2D eigenvalue weighted by molar-refractivity contribution is 5.80. The number of β-amino-alcohol motifs (C(OH)–C–C–N with tert-alkyl or cyclic N) is 1. The summed E-state index contributed by atoms with van der Waals surface area (Å²) in [6.07, 6.45) is 5.17. The molecule has 2 rings (SSSR count). The molecule has 112 valence electrons. The van der Waals surface area contributed by atoms with Gasteiger partial charge < -0.3 is 14.6 Å². The Morgan fingerprint density at radius 1 is 1.35 bits per heavy atom. The van der Waals surface area contributed by atoms with E-state index in [2.05, 4.69) is 9.88 Å². The molecule has 1 amide bonds. The minimum absolute atomic E-state index is 0.130. The van der Waals surface area contributed by atoms with Gasteiger partial charge in [-0.25, -0.2) is 4.98 Å². The second-order valence-electron chi connectivity index (χ2n) is 6.10. The number of aliphatic hydroxyl groups is 1. The van der Waals surface area contributed by atoms with Crippen molar-refractivity contribution in [3.8, 4) is 0 Å². The third-order valence-electron chi connectivity index (χ3n) is 3.62. The highest BCUT2D eigenvalue weighted by atomic mass is 16.3. The molecule has 6 nitrogen and oxygen atoms in total. The number of hydrogen-bond acceptors (Lipinski definition) is 4. The van der Waals surface area contributed by atoms with Gasteiger partial charge in [-0.1, -0.05) is 0 Å². The van der Waals surface area contributed by atoms with Crippen LogP contribution in [0.25, 0.3) is 0 Å². The summed E-state index contributed by atoms with van der Waals surface area (Å²) in [7, 11) is 0. The molecule has 1 unspecified atom stereocenters. The Kier molecular flexibility index (Phi) is 4.45. The fourth-order valence-corrected chi connectivity index (χ4v) is 2.56. The second kappa shape index (κ2) is 5.93. The molecule has 6 heteroatoms. The average molecular weight is 280 g/mol. The molecule has 0 spiro atoms. The zero-order valence-electron chi connectivity index (χ0n) is 12.5. The quantitative estimate of drug-likeness (QED) is 0.865. The van der Waals surface area contributed by atoms with Crippen LogP contribution in [0.3, 0.4) is 0 Å². The van der Waals surface area contributed by atoms with Crippen molar-refractivity contribution in [3.05, 3.63) is 18.7 Å². The average Bonchev–Trinajstić information content (AvgIpc) is 2.90. The van der Waals surface area contributed by atoms with E-state index in [1.807, 2.05) is 36.4 Å². The summed E-state index contributed by atoms with van der Waals surface area (Å²) >= 11 is 0. The molecule has 2 heterocycles. The van der Waals surface area contributed by atoms with E-state index in [-0.39, 0.29) is 11.9 Å². The predicted molar refractivity (Wildman–Crippen MR) is 76.3 cm³/mol. The van der Waals surface area contributed by atoms with Crippen LogP contribution in [0, 0.1) is 0 Å². The maximum Gasteiger partial charge on any atom is 0.245 e. The largest absolute Gasteiger partial charge is 0.389 e. The van der Waals surface area contributed by atoms with Crippen molar-refractivity contribution in [1.29, 1.82) is 0 Å². The van der Waals surface area contributed by atoms with Gasteiger partial charge in [-0.3, -0.25) is 9.69 Å². The standard InChI is InChI=1S/C14H24N4O2/c1-12(18-5-4-15-11-18)13(19)17-8-6-16(7-9-17)10-14(2,3)20/h4-5,11-12,20H,6-10H2,1-3H3. The molecule has 1 N–H and O–H groups in total. The van der Waals surface area contributed by atoms with Gasteiger partial charge in [-0.05, 0) is 20.8 Å². The molecular formula is C14H24N4O2. The molecule has 0 aromatic carbocycles. The summed E-state index contributed by atoms with van der Waals surface area (Å²) in [4.78, 5) is 20.5. The number of nitrogens with zero attached hydrogens (tertiary/aromatic N) is 4. The second-order valence-corrected chi connectivity index (χ2v) is 6.10. The number of aromatic nitrogens is 2. The Bertz CT molecular complexity index is 431. The molecule has 1 aliphatic heterocycles. The number of rotatable bonds is 4. The van der Waals surface area contributed by atoms with Crippen LogP contribution in [0.4, 0.5) is 0 Å². The van der Waals surface area contributed by atoms with Crippen LogP contribution in [-0.2, 0) is 4.79 Å². The fraction of sp³-hybridized carbons (Fsp3) is 0.714. The topological polar surface area (TPSA) is 61.6 Å². The number of carbonyl (C=O) groups is 1. The van der Waals surface area contributed by atoms with E-state index in [0.29, 0.717) is 19.6 Å². The van der Waals surface area contributed by atoms with Crippen molar-refractivity contribution in [2.24, 2.45) is 0 Å². The van der Waals surface area contributed by atoms with Gasteiger partial charge in [0.25, 0.3) is 0 Å². The summed E-state index contributed by atoms with van der Waals surface area (Å²) in [6, 6.07) is -0.210. The van der Waals surface area contributed by atoms with Crippen molar-refractivity contribution >= 4 is 5.91 Å². The van der Waals surface area contributed by atoms with Crippen LogP contribution in [0.5, 0.6) is 0 Å². The van der Waals surface area contributed by atoms with Gasteiger partial charge in [-0.15, -0.1) is 0 Å². The normalized spacial score (nSPS) is 19.1. The predicted octanol–water partition coefficient (Wildman–Crippen LogP) is 0.359. The minimum atomic E-state index is -0.684. The molecule has 1 fully saturated rings. The zero-order chi connectivity index (χ0) is 14.8. The van der Waals surface area contributed by atoms with Crippen LogP contribution in [0.15, 0.2) is 18.7 Å². The molecule has 0 aliphatic carbocycles. The van der Waals surface area contributed by atoms with Gasteiger partial charge in [-0.2, -0.15) is 0 Å². The third kappa shape index (κ3) is 3.80. The van der Waals surface area contributed by atoms with Crippen LogP contribution in [0.1, 0.15) is 26.8 Å². The number of imidazole rings is 1. The summed E-state index contributed by atoms with van der Waals surface area (Å²) in [5.41, 5.74) is -0.684. The van der Waals surface area contributed by atoms with Crippen LogP contribution < -0.4 is 0 Å².